The Balaban J connectivity index is 0.774. The van der Waals surface area contributed by atoms with Gasteiger partial charge in [-0.1, -0.05) is 99.1 Å². The number of carbonyl (C=O) groups is 8. The van der Waals surface area contributed by atoms with Gasteiger partial charge in [-0.05, 0) is 115 Å². The minimum atomic E-state index is -3.77. The van der Waals surface area contributed by atoms with Crippen molar-refractivity contribution in [2.45, 2.75) is 114 Å². The van der Waals surface area contributed by atoms with E-state index in [-0.39, 0.29) is 109 Å². The van der Waals surface area contributed by atoms with Gasteiger partial charge in [0.05, 0.1) is 29.3 Å². The largest absolute Gasteiger partial charge is 0.493 e. The van der Waals surface area contributed by atoms with Gasteiger partial charge in [0.25, 0.3) is 17.7 Å². The zero-order chi connectivity index (χ0) is 73.4. The number of unbranched alkanes of at least 4 members (excludes halogenated alkanes) is 2. The number of imide groups is 1. The number of carbonyl (C=O) groups excluding carboxylic acids is 8. The molecule has 5 aliphatic rings. The second-order valence-corrected chi connectivity index (χ2v) is 28.7. The van der Waals surface area contributed by atoms with Crippen molar-refractivity contribution in [3.63, 3.8) is 0 Å². The fourth-order valence-electron chi connectivity index (χ4n) is 13.4. The summed E-state index contributed by atoms with van der Waals surface area (Å²) in [6, 6.07) is 29.3. The van der Waals surface area contributed by atoms with Crippen molar-refractivity contribution in [3.05, 3.63) is 167 Å². The quantitative estimate of drug-likeness (QED) is 0.0173. The van der Waals surface area contributed by atoms with Gasteiger partial charge >= 0.3 is 12.2 Å². The molecule has 28 heteroatoms. The maximum atomic E-state index is 15.0. The summed E-state index contributed by atoms with van der Waals surface area (Å²) in [5, 5.41) is 34.7. The lowest BCUT2D eigenvalue weighted by molar-refractivity contribution is -0.137. The predicted octanol–water partition coefficient (Wildman–Crippen LogP) is 7.63. The number of aliphatic hydroxyl groups excluding tert-OH is 2. The molecule has 544 valence electrons. The number of hydrogen-bond acceptors (Lipinski definition) is 18. The van der Waals surface area contributed by atoms with Crippen LogP contribution in [-0.2, 0) is 58.4 Å². The molecule has 6 aromatic rings. The van der Waals surface area contributed by atoms with Crippen LogP contribution in [0.1, 0.15) is 97.0 Å². The van der Waals surface area contributed by atoms with E-state index in [0.29, 0.717) is 78.3 Å². The second-order valence-electron chi connectivity index (χ2n) is 26.5. The van der Waals surface area contributed by atoms with E-state index in [0.717, 1.165) is 44.8 Å². The first-order valence-corrected chi connectivity index (χ1v) is 36.3. The number of nitrogens with one attached hydrogen (secondary N) is 4. The molecule has 1 saturated heterocycles. The van der Waals surface area contributed by atoms with E-state index in [4.69, 9.17) is 30.5 Å². The van der Waals surface area contributed by atoms with Gasteiger partial charge in [-0.25, -0.2) is 27.6 Å². The van der Waals surface area contributed by atoms with Gasteiger partial charge in [-0.2, -0.15) is 0 Å². The molecule has 5 heterocycles. The van der Waals surface area contributed by atoms with Crippen molar-refractivity contribution in [1.82, 2.24) is 35.0 Å². The summed E-state index contributed by atoms with van der Waals surface area (Å²) in [7, 11) is 0.955. The number of methoxy groups -OCH3 is 1. The van der Waals surface area contributed by atoms with E-state index in [1.54, 1.807) is 61.2 Å². The lowest BCUT2D eigenvalue weighted by Crippen LogP contribution is -2.54. The molecule has 5 aliphatic heterocycles. The molecule has 103 heavy (non-hydrogen) atoms. The Labute approximate surface area is 602 Å². The van der Waals surface area contributed by atoms with Gasteiger partial charge in [-0.3, -0.25) is 33.7 Å². The Hall–Kier alpha value is -9.90. The number of nitrogens with zero attached hydrogens (tertiary/aromatic N) is 6. The van der Waals surface area contributed by atoms with E-state index >= 15 is 0 Å². The van der Waals surface area contributed by atoms with E-state index < -0.39 is 70.5 Å². The lowest BCUT2D eigenvalue weighted by Gasteiger charge is -2.38. The number of anilines is 3. The highest BCUT2D eigenvalue weighted by atomic mass is 35.5. The normalized spacial score (nSPS) is 18.3. The van der Waals surface area contributed by atoms with Crippen LogP contribution in [-0.4, -0.2) is 189 Å². The summed E-state index contributed by atoms with van der Waals surface area (Å²) in [6.07, 6.45) is 1.84. The summed E-state index contributed by atoms with van der Waals surface area (Å²) in [5.41, 5.74) is 5.13. The van der Waals surface area contributed by atoms with Crippen LogP contribution in [0.4, 0.5) is 26.7 Å². The lowest BCUT2D eigenvalue weighted by atomic mass is 9.93. The molecular weight excluding hydrogens is 1360 g/mol. The zero-order valence-corrected chi connectivity index (χ0v) is 59.7. The van der Waals surface area contributed by atoms with Gasteiger partial charge < -0.3 is 64.7 Å². The van der Waals surface area contributed by atoms with Gasteiger partial charge in [-0.15, -0.1) is 11.6 Å². The highest BCUT2D eigenvalue weighted by molar-refractivity contribution is 7.89. The van der Waals surface area contributed by atoms with Crippen LogP contribution in [0.3, 0.4) is 0 Å². The zero-order valence-electron chi connectivity index (χ0n) is 58.1. The van der Waals surface area contributed by atoms with Crippen LogP contribution in [0, 0.1) is 5.92 Å². The van der Waals surface area contributed by atoms with Crippen molar-refractivity contribution in [3.8, 4) is 17.2 Å². The molecule has 1 fully saturated rings. The van der Waals surface area contributed by atoms with Crippen LogP contribution in [0.5, 0.6) is 17.2 Å². The van der Waals surface area contributed by atoms with Gasteiger partial charge in [0.2, 0.25) is 27.7 Å². The number of amides is 8. The van der Waals surface area contributed by atoms with Crippen molar-refractivity contribution in [2.24, 2.45) is 5.92 Å². The number of benzene rings is 6. The third-order valence-electron chi connectivity index (χ3n) is 19.3. The number of aliphatic hydroxyl groups is 2. The third-order valence-corrected chi connectivity index (χ3v) is 21.1. The average molecular weight is 1450 g/mol. The van der Waals surface area contributed by atoms with Crippen LogP contribution < -0.4 is 44.7 Å². The summed E-state index contributed by atoms with van der Waals surface area (Å²) in [5.74, 6) is -2.35. The molecular formula is C75H85ClN10O16S. The standard InChI is InChI=1S/C75H85ClN10O16S/c1-45(2)69(80-64(87)17-8-7-11-29-84-65(88)26-27-66(84)89)71(92)78-46(3)70(91)79-53-22-18-47(19-23-53)43-101-75(96)86-58-39-63(62(99-6)38-57(58)72(93)83-30-28-51(37-60(83)73(86)94)50-20-24-54(25-21-50)103(97,98)77-4)100-44-49-14-12-13-48(35-49)36-67(90)85-42-52(41-76)68-56-16-10-9-15-55(56)61(40-59(68)85)102-74(95)82-33-31-81(5)32-34-82/h9-10,12-16,18-28,35,38-40,45-46,52,60,67,69,73,77,90,94H,7-8,11,17,29-34,36-37,41-44H2,1-6H3,(H,78,92)(H,79,91)(H,80,87)/t46-,52+,60-,67?,69-,73-/m0/s1. The minimum Gasteiger partial charge on any atom is -0.493 e. The predicted molar refractivity (Wildman–Crippen MR) is 386 cm³/mol. The number of likely N-dealkylation sites (N-methyl/N-ethyl adjacent to an activating group) is 1. The van der Waals surface area contributed by atoms with Crippen LogP contribution in [0.25, 0.3) is 16.3 Å². The molecule has 1 unspecified atom stereocenters. The fourth-order valence-corrected chi connectivity index (χ4v) is 14.4. The Morgan fingerprint density at radius 1 is 0.738 bits per heavy atom. The van der Waals surface area contributed by atoms with E-state index in [2.05, 4.69) is 25.6 Å². The number of sulfonamides is 1. The minimum absolute atomic E-state index is 0.00935. The number of ether oxygens (including phenoxy) is 4. The number of halogens is 1. The van der Waals surface area contributed by atoms with Crippen molar-refractivity contribution >= 4 is 103 Å². The maximum Gasteiger partial charge on any atom is 0.416 e. The Morgan fingerprint density at radius 3 is 2.13 bits per heavy atom. The van der Waals surface area contributed by atoms with Crippen LogP contribution in [0.15, 0.2) is 138 Å². The molecule has 0 spiro atoms. The van der Waals surface area contributed by atoms with E-state index in [1.165, 1.54) is 62.4 Å². The summed E-state index contributed by atoms with van der Waals surface area (Å²) in [4.78, 5) is 116. The van der Waals surface area contributed by atoms with Gasteiger partial charge in [0, 0.05) is 111 Å². The molecule has 8 amide bonds. The molecule has 0 bridgehead atoms. The monoisotopic (exact) mass is 1450 g/mol. The number of piperazine rings is 1. The summed E-state index contributed by atoms with van der Waals surface area (Å²) in [6.45, 7) is 7.77. The van der Waals surface area contributed by atoms with Crippen molar-refractivity contribution in [1.29, 1.82) is 0 Å². The highest BCUT2D eigenvalue weighted by Gasteiger charge is 2.45. The summed E-state index contributed by atoms with van der Waals surface area (Å²) < 4.78 is 52.1. The fraction of sp³-hybridized carbons (Fsp3) is 0.387. The molecule has 26 nitrogen and oxygen atoms in total. The van der Waals surface area contributed by atoms with Crippen LogP contribution >= 0.6 is 11.6 Å². The number of hydrogen-bond donors (Lipinski definition) is 6. The van der Waals surface area contributed by atoms with Gasteiger partial charge in [0.15, 0.2) is 17.7 Å². The Kier molecular flexibility index (Phi) is 23.5. The van der Waals surface area contributed by atoms with E-state index in [9.17, 15) is 57.0 Å². The Morgan fingerprint density at radius 2 is 1.44 bits per heavy atom. The third kappa shape index (κ3) is 16.9. The first-order chi connectivity index (χ1) is 49.4. The molecule has 6 atom stereocenters. The second kappa shape index (κ2) is 32.6. The molecule has 6 N–H and O–H groups in total. The first kappa shape index (κ1) is 74.3. The van der Waals surface area contributed by atoms with Crippen molar-refractivity contribution in [2.75, 3.05) is 88.0 Å². The summed E-state index contributed by atoms with van der Waals surface area (Å²) >= 11 is 6.66. The number of rotatable bonds is 26. The molecule has 0 aromatic heterocycles. The molecule has 0 saturated carbocycles. The maximum absolute atomic E-state index is 15.0. The number of fused-ring (bicyclic) bond motifs is 5. The molecule has 6 aromatic carbocycles. The average Bonchev–Trinajstić information content (AvgIpc) is 1.63. The smallest absolute Gasteiger partial charge is 0.416 e. The molecule has 11 rings (SSSR count). The Bertz CT molecular complexity index is 4380. The van der Waals surface area contributed by atoms with Crippen molar-refractivity contribution < 1.29 is 75.9 Å². The first-order valence-electron chi connectivity index (χ1n) is 34.3. The van der Waals surface area contributed by atoms with E-state index in [1.807, 2.05) is 66.5 Å². The van der Waals surface area contributed by atoms with Gasteiger partial charge in [0.1, 0.15) is 37.3 Å². The molecule has 0 radical (unpaired) electrons. The molecule has 0 aliphatic carbocycles. The van der Waals surface area contributed by atoms with Crippen LogP contribution in [0.2, 0.25) is 0 Å². The highest BCUT2D eigenvalue weighted by Crippen LogP contribution is 2.47. The number of alkyl halides is 1. The SMILES string of the molecule is CNS(=O)(=O)c1ccc(C2=CCN3C(=O)c4cc(OC)c(OCc5cccc(CC(O)N6C[C@@H](CCl)c7c6cc(OC(=O)N6CCN(C)CC6)c6ccccc76)c5)cc4N(C(=O)OCc4ccc(NC(=O)[C@H](C)NC(=O)[C@@H](NC(=O)CCCCCN5C(=O)C=CC5=O)C(C)C)cc4)[C@@H](O)[C@@H]3C2)cc1. The topological polar surface area (TPSA) is 316 Å².